The van der Waals surface area contributed by atoms with Gasteiger partial charge in [0.15, 0.2) is 0 Å². The van der Waals surface area contributed by atoms with Crippen LogP contribution in [0, 0.1) is 0 Å². The molecule has 30 heavy (non-hydrogen) atoms. The molecule has 0 saturated carbocycles. The standard InChI is InChI=1S/C24H23N3O3/c1-29-17-12-13-18(22(15-17)30-2)24(28)27-19-8-4-3-7-16(19)11-14-23-25-20-9-5-6-10-21(20)26-23/h3-10,12-13,15H,11,14H2,1-2H3,(H,25,26)(H,27,28). The molecule has 1 aromatic heterocycles. The van der Waals surface area contributed by atoms with Gasteiger partial charge < -0.3 is 19.8 Å². The summed E-state index contributed by atoms with van der Waals surface area (Å²) in [6.45, 7) is 0. The molecule has 0 unspecified atom stereocenters. The number of aryl methyl sites for hydroxylation is 2. The van der Waals surface area contributed by atoms with Crippen molar-refractivity contribution in [1.29, 1.82) is 0 Å². The molecule has 1 amide bonds. The van der Waals surface area contributed by atoms with Gasteiger partial charge in [-0.2, -0.15) is 0 Å². The summed E-state index contributed by atoms with van der Waals surface area (Å²) < 4.78 is 10.6. The highest BCUT2D eigenvalue weighted by Gasteiger charge is 2.15. The largest absolute Gasteiger partial charge is 0.497 e. The number of nitrogens with one attached hydrogen (secondary N) is 2. The van der Waals surface area contributed by atoms with Crippen LogP contribution < -0.4 is 14.8 Å². The topological polar surface area (TPSA) is 76.2 Å². The third-order valence-electron chi connectivity index (χ3n) is 4.99. The number of H-pyrrole nitrogens is 1. The molecular formula is C24H23N3O3. The Morgan fingerprint density at radius 1 is 0.967 bits per heavy atom. The number of fused-ring (bicyclic) bond motifs is 1. The number of carbonyl (C=O) groups is 1. The smallest absolute Gasteiger partial charge is 0.259 e. The van der Waals surface area contributed by atoms with E-state index in [1.165, 1.54) is 7.11 Å². The second-order valence-corrected chi connectivity index (χ2v) is 6.88. The van der Waals surface area contributed by atoms with Crippen molar-refractivity contribution < 1.29 is 14.3 Å². The molecule has 0 saturated heterocycles. The number of amides is 1. The van der Waals surface area contributed by atoms with Crippen LogP contribution in [0.1, 0.15) is 21.7 Å². The second kappa shape index (κ2) is 8.69. The van der Waals surface area contributed by atoms with Crippen LogP contribution in [0.5, 0.6) is 11.5 Å². The predicted octanol–water partition coefficient (Wildman–Crippen LogP) is 4.62. The Labute approximate surface area is 174 Å². The first-order chi connectivity index (χ1) is 14.7. The number of aromatic nitrogens is 2. The fourth-order valence-corrected chi connectivity index (χ4v) is 3.41. The van der Waals surface area contributed by atoms with E-state index in [1.807, 2.05) is 48.5 Å². The number of ether oxygens (including phenoxy) is 2. The van der Waals surface area contributed by atoms with Crippen LogP contribution in [0.15, 0.2) is 66.7 Å². The van der Waals surface area contributed by atoms with Gasteiger partial charge in [0.25, 0.3) is 5.91 Å². The van der Waals surface area contributed by atoms with Crippen LogP contribution in [0.3, 0.4) is 0 Å². The van der Waals surface area contributed by atoms with Crippen LogP contribution in [0.2, 0.25) is 0 Å². The second-order valence-electron chi connectivity index (χ2n) is 6.88. The molecule has 0 radical (unpaired) electrons. The Morgan fingerprint density at radius 3 is 2.57 bits per heavy atom. The average molecular weight is 401 g/mol. The molecule has 0 fully saturated rings. The van der Waals surface area contributed by atoms with Crippen LogP contribution in [0.4, 0.5) is 5.69 Å². The molecule has 0 aliphatic heterocycles. The van der Waals surface area contributed by atoms with E-state index in [9.17, 15) is 4.79 Å². The van der Waals surface area contributed by atoms with Crippen molar-refractivity contribution in [3.8, 4) is 11.5 Å². The fraction of sp³-hybridized carbons (Fsp3) is 0.167. The number of rotatable bonds is 7. The minimum atomic E-state index is -0.231. The van der Waals surface area contributed by atoms with Gasteiger partial charge in [-0.15, -0.1) is 0 Å². The van der Waals surface area contributed by atoms with Gasteiger partial charge in [-0.1, -0.05) is 30.3 Å². The number of aromatic amines is 1. The van der Waals surface area contributed by atoms with Gasteiger partial charge in [-0.05, 0) is 42.3 Å². The van der Waals surface area contributed by atoms with Crippen molar-refractivity contribution in [2.24, 2.45) is 0 Å². The molecule has 6 nitrogen and oxygen atoms in total. The molecule has 0 spiro atoms. The number of hydrogen-bond acceptors (Lipinski definition) is 4. The van der Waals surface area contributed by atoms with Crippen LogP contribution in [-0.4, -0.2) is 30.1 Å². The van der Waals surface area contributed by atoms with Crippen molar-refractivity contribution in [1.82, 2.24) is 9.97 Å². The number of anilines is 1. The third kappa shape index (κ3) is 4.12. The number of para-hydroxylation sites is 3. The minimum absolute atomic E-state index is 0.231. The van der Waals surface area contributed by atoms with Crippen LogP contribution in [-0.2, 0) is 12.8 Å². The van der Waals surface area contributed by atoms with E-state index < -0.39 is 0 Å². The Kier molecular flexibility index (Phi) is 5.66. The van der Waals surface area contributed by atoms with Gasteiger partial charge in [-0.25, -0.2) is 4.98 Å². The number of benzene rings is 3. The molecule has 4 aromatic rings. The predicted molar refractivity (Wildman–Crippen MR) is 117 cm³/mol. The van der Waals surface area contributed by atoms with E-state index in [0.29, 0.717) is 17.1 Å². The summed E-state index contributed by atoms with van der Waals surface area (Å²) in [7, 11) is 3.11. The molecule has 4 rings (SSSR count). The summed E-state index contributed by atoms with van der Waals surface area (Å²) in [6.07, 6.45) is 1.49. The van der Waals surface area contributed by atoms with Gasteiger partial charge in [0, 0.05) is 18.2 Å². The Balaban J connectivity index is 1.51. The molecule has 152 valence electrons. The Hall–Kier alpha value is -3.80. The first-order valence-electron chi connectivity index (χ1n) is 9.73. The first-order valence-corrected chi connectivity index (χ1v) is 9.73. The average Bonchev–Trinajstić information content (AvgIpc) is 3.21. The maximum atomic E-state index is 12.9. The summed E-state index contributed by atoms with van der Waals surface area (Å²) in [4.78, 5) is 20.9. The van der Waals surface area contributed by atoms with E-state index in [-0.39, 0.29) is 5.91 Å². The normalized spacial score (nSPS) is 10.7. The molecule has 0 aliphatic carbocycles. The quantitative estimate of drug-likeness (QED) is 0.474. The highest BCUT2D eigenvalue weighted by atomic mass is 16.5. The van der Waals surface area contributed by atoms with E-state index in [2.05, 4.69) is 15.3 Å². The number of methoxy groups -OCH3 is 2. The lowest BCUT2D eigenvalue weighted by Gasteiger charge is -2.13. The molecule has 2 N–H and O–H groups in total. The van der Waals surface area contributed by atoms with E-state index in [1.54, 1.807) is 25.3 Å². The lowest BCUT2D eigenvalue weighted by molar-refractivity contribution is 0.102. The number of nitrogens with zero attached hydrogens (tertiary/aromatic N) is 1. The zero-order chi connectivity index (χ0) is 20.9. The minimum Gasteiger partial charge on any atom is -0.497 e. The van der Waals surface area contributed by atoms with Gasteiger partial charge in [0.2, 0.25) is 0 Å². The van der Waals surface area contributed by atoms with E-state index >= 15 is 0 Å². The van der Waals surface area contributed by atoms with Crippen molar-refractivity contribution >= 4 is 22.6 Å². The van der Waals surface area contributed by atoms with Gasteiger partial charge >= 0.3 is 0 Å². The molecule has 0 aliphatic rings. The highest BCUT2D eigenvalue weighted by molar-refractivity contribution is 6.06. The summed E-state index contributed by atoms with van der Waals surface area (Å²) >= 11 is 0. The molecule has 0 bridgehead atoms. The van der Waals surface area contributed by atoms with Crippen LogP contribution in [0.25, 0.3) is 11.0 Å². The third-order valence-corrected chi connectivity index (χ3v) is 4.99. The molecular weight excluding hydrogens is 378 g/mol. The Bertz CT molecular complexity index is 1150. The van der Waals surface area contributed by atoms with Gasteiger partial charge in [-0.3, -0.25) is 4.79 Å². The van der Waals surface area contributed by atoms with E-state index in [0.717, 1.165) is 41.0 Å². The van der Waals surface area contributed by atoms with Crippen molar-refractivity contribution in [3.63, 3.8) is 0 Å². The summed E-state index contributed by atoms with van der Waals surface area (Å²) in [5, 5.41) is 3.01. The Morgan fingerprint density at radius 2 is 1.77 bits per heavy atom. The number of imidazole rings is 1. The first kappa shape index (κ1) is 19.5. The maximum absolute atomic E-state index is 12.9. The van der Waals surface area contributed by atoms with Crippen molar-refractivity contribution in [2.75, 3.05) is 19.5 Å². The fourth-order valence-electron chi connectivity index (χ4n) is 3.41. The zero-order valence-electron chi connectivity index (χ0n) is 16.9. The molecule has 6 heteroatoms. The molecule has 1 heterocycles. The number of carbonyl (C=O) groups excluding carboxylic acids is 1. The lowest BCUT2D eigenvalue weighted by Crippen LogP contribution is -2.14. The lowest BCUT2D eigenvalue weighted by atomic mass is 10.1. The summed E-state index contributed by atoms with van der Waals surface area (Å²) in [5.41, 5.74) is 4.25. The van der Waals surface area contributed by atoms with Crippen LogP contribution >= 0.6 is 0 Å². The highest BCUT2D eigenvalue weighted by Crippen LogP contribution is 2.26. The molecule has 3 aromatic carbocycles. The molecule has 0 atom stereocenters. The summed E-state index contributed by atoms with van der Waals surface area (Å²) in [6, 6.07) is 20.9. The van der Waals surface area contributed by atoms with Crippen molar-refractivity contribution in [2.45, 2.75) is 12.8 Å². The van der Waals surface area contributed by atoms with Gasteiger partial charge in [0.05, 0.1) is 30.8 Å². The zero-order valence-corrected chi connectivity index (χ0v) is 16.9. The maximum Gasteiger partial charge on any atom is 0.259 e. The SMILES string of the molecule is COc1ccc(C(=O)Nc2ccccc2CCc2nc3ccccc3[nH]2)c(OC)c1. The van der Waals surface area contributed by atoms with E-state index in [4.69, 9.17) is 9.47 Å². The van der Waals surface area contributed by atoms with Crippen molar-refractivity contribution in [3.05, 3.63) is 83.7 Å². The number of hydrogen-bond donors (Lipinski definition) is 2. The monoisotopic (exact) mass is 401 g/mol. The summed E-state index contributed by atoms with van der Waals surface area (Å²) in [5.74, 6) is 1.79. The van der Waals surface area contributed by atoms with Gasteiger partial charge in [0.1, 0.15) is 17.3 Å².